The zero-order valence-electron chi connectivity index (χ0n) is 11.6. The van der Waals surface area contributed by atoms with Gasteiger partial charge in [0.2, 0.25) is 15.9 Å². The molecule has 5 N–H and O–H groups in total. The molecular formula is C12H19N3O4S. The second kappa shape index (κ2) is 5.78. The van der Waals surface area contributed by atoms with Crippen LogP contribution in [0.3, 0.4) is 0 Å². The molecule has 8 heteroatoms. The molecule has 7 nitrogen and oxygen atoms in total. The molecule has 0 aromatic heterocycles. The van der Waals surface area contributed by atoms with E-state index in [1.54, 1.807) is 13.8 Å². The lowest BCUT2D eigenvalue weighted by molar-refractivity contribution is -0.117. The Labute approximate surface area is 118 Å². The van der Waals surface area contributed by atoms with Gasteiger partial charge in [0.15, 0.2) is 0 Å². The highest BCUT2D eigenvalue weighted by molar-refractivity contribution is 7.89. The molecule has 0 saturated carbocycles. The number of hydrogen-bond acceptors (Lipinski definition) is 5. The standard InChI is InChI=1S/C12H19N3O4S/c1-12(2,13)7-11(16)15-9-6-8(20(14,17)18)4-5-10(9)19-3/h4-6H,7,13H2,1-3H3,(H,15,16)(H2,14,17,18). The third kappa shape index (κ3) is 4.80. The molecule has 20 heavy (non-hydrogen) atoms. The highest BCUT2D eigenvalue weighted by atomic mass is 32.2. The van der Waals surface area contributed by atoms with Gasteiger partial charge in [-0.3, -0.25) is 4.79 Å². The van der Waals surface area contributed by atoms with Gasteiger partial charge in [0.1, 0.15) is 5.75 Å². The van der Waals surface area contributed by atoms with Crippen molar-refractivity contribution in [2.75, 3.05) is 12.4 Å². The lowest BCUT2D eigenvalue weighted by Crippen LogP contribution is -2.36. The van der Waals surface area contributed by atoms with Crippen LogP contribution in [0.5, 0.6) is 5.75 Å². The van der Waals surface area contributed by atoms with Crippen LogP contribution in [0.1, 0.15) is 20.3 Å². The van der Waals surface area contributed by atoms with Crippen LogP contribution < -0.4 is 20.9 Å². The second-order valence-electron chi connectivity index (χ2n) is 5.12. The first-order chi connectivity index (χ1) is 9.03. The highest BCUT2D eigenvalue weighted by Gasteiger charge is 2.19. The Morgan fingerprint density at radius 2 is 2.00 bits per heavy atom. The summed E-state index contributed by atoms with van der Waals surface area (Å²) in [6.45, 7) is 3.43. The van der Waals surface area contributed by atoms with E-state index in [0.717, 1.165) is 0 Å². The number of hydrogen-bond donors (Lipinski definition) is 3. The number of benzene rings is 1. The van der Waals surface area contributed by atoms with E-state index in [1.165, 1.54) is 25.3 Å². The summed E-state index contributed by atoms with van der Waals surface area (Å²) in [5.74, 6) is -0.0112. The number of amides is 1. The number of primary sulfonamides is 1. The minimum atomic E-state index is -3.85. The molecule has 0 heterocycles. The Morgan fingerprint density at radius 1 is 1.40 bits per heavy atom. The summed E-state index contributed by atoms with van der Waals surface area (Å²) < 4.78 is 27.7. The largest absolute Gasteiger partial charge is 0.495 e. The van der Waals surface area contributed by atoms with Crippen LogP contribution in [0.25, 0.3) is 0 Å². The number of nitrogens with two attached hydrogens (primary N) is 2. The maximum atomic E-state index is 11.8. The Morgan fingerprint density at radius 3 is 2.45 bits per heavy atom. The Hall–Kier alpha value is -1.64. The number of nitrogens with one attached hydrogen (secondary N) is 1. The predicted molar refractivity (Wildman–Crippen MR) is 75.9 cm³/mol. The molecule has 0 radical (unpaired) electrons. The molecule has 0 aliphatic rings. The molecule has 1 aromatic rings. The molecule has 0 unspecified atom stereocenters. The molecule has 1 amide bonds. The van der Waals surface area contributed by atoms with E-state index in [-0.39, 0.29) is 22.9 Å². The highest BCUT2D eigenvalue weighted by Crippen LogP contribution is 2.27. The Bertz CT molecular complexity index is 606. The van der Waals surface area contributed by atoms with Gasteiger partial charge in [0.05, 0.1) is 17.7 Å². The van der Waals surface area contributed by atoms with Gasteiger partial charge in [-0.25, -0.2) is 13.6 Å². The molecule has 0 saturated heterocycles. The number of methoxy groups -OCH3 is 1. The third-order valence-electron chi connectivity index (χ3n) is 2.39. The SMILES string of the molecule is COc1ccc(S(N)(=O)=O)cc1NC(=O)CC(C)(C)N. The van der Waals surface area contributed by atoms with Gasteiger partial charge >= 0.3 is 0 Å². The summed E-state index contributed by atoms with van der Waals surface area (Å²) in [5, 5.41) is 7.62. The van der Waals surface area contributed by atoms with Gasteiger partial charge in [-0.15, -0.1) is 0 Å². The van der Waals surface area contributed by atoms with Crippen molar-refractivity contribution in [3.63, 3.8) is 0 Å². The Kier molecular flexibility index (Phi) is 4.74. The van der Waals surface area contributed by atoms with Crippen molar-refractivity contribution in [1.82, 2.24) is 0 Å². The first-order valence-electron chi connectivity index (χ1n) is 5.82. The fourth-order valence-corrected chi connectivity index (χ4v) is 2.11. The Balaban J connectivity index is 3.07. The molecule has 0 fully saturated rings. The van der Waals surface area contributed by atoms with Gasteiger partial charge in [-0.1, -0.05) is 0 Å². The fourth-order valence-electron chi connectivity index (χ4n) is 1.57. The van der Waals surface area contributed by atoms with Crippen molar-refractivity contribution in [1.29, 1.82) is 0 Å². The maximum Gasteiger partial charge on any atom is 0.238 e. The minimum Gasteiger partial charge on any atom is -0.495 e. The summed E-state index contributed by atoms with van der Waals surface area (Å²) in [4.78, 5) is 11.7. The number of carbonyl (C=O) groups excluding carboxylic acids is 1. The number of anilines is 1. The van der Waals surface area contributed by atoms with Crippen LogP contribution in [0.2, 0.25) is 0 Å². The van der Waals surface area contributed by atoms with E-state index in [4.69, 9.17) is 15.6 Å². The van der Waals surface area contributed by atoms with Gasteiger partial charge < -0.3 is 15.8 Å². The predicted octanol–water partition coefficient (Wildman–Crippen LogP) is 0.409. The normalized spacial score (nSPS) is 12.1. The van der Waals surface area contributed by atoms with Crippen LogP contribution in [0.15, 0.2) is 23.1 Å². The molecule has 112 valence electrons. The average Bonchev–Trinajstić information content (AvgIpc) is 2.24. The summed E-state index contributed by atoms with van der Waals surface area (Å²) in [6, 6.07) is 3.97. The maximum absolute atomic E-state index is 11.8. The third-order valence-corrected chi connectivity index (χ3v) is 3.30. The van der Waals surface area contributed by atoms with Gasteiger partial charge in [-0.2, -0.15) is 0 Å². The number of rotatable bonds is 5. The fraction of sp³-hybridized carbons (Fsp3) is 0.417. The first-order valence-corrected chi connectivity index (χ1v) is 7.37. The summed E-state index contributed by atoms with van der Waals surface area (Å²) in [6.07, 6.45) is 0.0791. The molecule has 0 spiro atoms. The van der Waals surface area contributed by atoms with E-state index in [2.05, 4.69) is 5.32 Å². The quantitative estimate of drug-likeness (QED) is 0.726. The zero-order valence-corrected chi connectivity index (χ0v) is 12.5. The van der Waals surface area contributed by atoms with E-state index < -0.39 is 15.6 Å². The van der Waals surface area contributed by atoms with Gasteiger partial charge in [-0.05, 0) is 32.0 Å². The van der Waals surface area contributed by atoms with Crippen LogP contribution in [-0.4, -0.2) is 27.0 Å². The van der Waals surface area contributed by atoms with Gasteiger partial charge in [0.25, 0.3) is 0 Å². The minimum absolute atomic E-state index is 0.0791. The van der Waals surface area contributed by atoms with E-state index >= 15 is 0 Å². The van der Waals surface area contributed by atoms with Crippen LogP contribution >= 0.6 is 0 Å². The number of sulfonamides is 1. The smallest absolute Gasteiger partial charge is 0.238 e. The molecule has 0 atom stereocenters. The zero-order chi connectivity index (χ0) is 15.6. The van der Waals surface area contributed by atoms with Crippen molar-refractivity contribution < 1.29 is 17.9 Å². The van der Waals surface area contributed by atoms with E-state index in [0.29, 0.717) is 5.75 Å². The summed E-state index contributed by atoms with van der Waals surface area (Å²) >= 11 is 0. The van der Waals surface area contributed by atoms with Gasteiger partial charge in [0, 0.05) is 12.0 Å². The van der Waals surface area contributed by atoms with Crippen LogP contribution in [0, 0.1) is 0 Å². The number of ether oxygens (including phenoxy) is 1. The average molecular weight is 301 g/mol. The van der Waals surface area contributed by atoms with E-state index in [9.17, 15) is 13.2 Å². The summed E-state index contributed by atoms with van der Waals surface area (Å²) in [5.41, 5.74) is 5.31. The van der Waals surface area contributed by atoms with Crippen molar-refractivity contribution in [3.8, 4) is 5.75 Å². The molecule has 0 aliphatic carbocycles. The van der Waals surface area contributed by atoms with Crippen molar-refractivity contribution in [2.45, 2.75) is 30.7 Å². The summed E-state index contributed by atoms with van der Waals surface area (Å²) in [7, 11) is -2.44. The second-order valence-corrected chi connectivity index (χ2v) is 6.68. The molecular weight excluding hydrogens is 282 g/mol. The first kappa shape index (κ1) is 16.4. The lowest BCUT2D eigenvalue weighted by Gasteiger charge is -2.18. The van der Waals surface area contributed by atoms with Crippen molar-refractivity contribution in [2.24, 2.45) is 10.9 Å². The molecule has 1 rings (SSSR count). The van der Waals surface area contributed by atoms with Crippen molar-refractivity contribution >= 4 is 21.6 Å². The molecule has 1 aromatic carbocycles. The van der Waals surface area contributed by atoms with E-state index in [1.807, 2.05) is 0 Å². The lowest BCUT2D eigenvalue weighted by atomic mass is 10.0. The topological polar surface area (TPSA) is 125 Å². The molecule has 0 aliphatic heterocycles. The van der Waals surface area contributed by atoms with Crippen LogP contribution in [-0.2, 0) is 14.8 Å². The monoisotopic (exact) mass is 301 g/mol. The van der Waals surface area contributed by atoms with Crippen molar-refractivity contribution in [3.05, 3.63) is 18.2 Å². The molecule has 0 bridgehead atoms. The number of carbonyl (C=O) groups is 1. The van der Waals surface area contributed by atoms with Crippen LogP contribution in [0.4, 0.5) is 5.69 Å².